The van der Waals surface area contributed by atoms with Gasteiger partial charge >= 0.3 is 5.97 Å². The molecule has 1 aliphatic carbocycles. The van der Waals surface area contributed by atoms with Crippen molar-refractivity contribution in [2.24, 2.45) is 5.92 Å². The second-order valence-corrected chi connectivity index (χ2v) is 9.30. The predicted molar refractivity (Wildman–Crippen MR) is 129 cm³/mol. The summed E-state index contributed by atoms with van der Waals surface area (Å²) in [6.45, 7) is 3.56. The first-order valence-electron chi connectivity index (χ1n) is 12.3. The van der Waals surface area contributed by atoms with Crippen molar-refractivity contribution in [1.29, 1.82) is 0 Å². The summed E-state index contributed by atoms with van der Waals surface area (Å²) in [7, 11) is 0. The van der Waals surface area contributed by atoms with Gasteiger partial charge in [-0.1, -0.05) is 25.1 Å². The van der Waals surface area contributed by atoms with E-state index in [0.29, 0.717) is 37.7 Å². The lowest BCUT2D eigenvalue weighted by Crippen LogP contribution is -2.25. The molecular formula is C29H27F5O3. The summed E-state index contributed by atoms with van der Waals surface area (Å²) in [5.41, 5.74) is 0.447. The average molecular weight is 519 g/mol. The highest BCUT2D eigenvalue weighted by Gasteiger charge is 2.31. The standard InChI is InChI=1S/C29H27F5O3/c1-3-14-36-24-13-11-21(27(33)28(24)34)19-9-12-23(22(30)15-19)37-29(35)18-7-5-17(6-8-18)20-10-4-16(2)25(31)26(20)32/h4,9-13,15,17-18H,3,5-8,14H2,1-2H3. The van der Waals surface area contributed by atoms with E-state index in [2.05, 4.69) is 0 Å². The molecular weight excluding hydrogens is 491 g/mol. The van der Waals surface area contributed by atoms with Gasteiger partial charge in [0.2, 0.25) is 5.82 Å². The van der Waals surface area contributed by atoms with Crippen LogP contribution in [0.15, 0.2) is 42.5 Å². The van der Waals surface area contributed by atoms with Crippen molar-refractivity contribution in [1.82, 2.24) is 0 Å². The van der Waals surface area contributed by atoms with Gasteiger partial charge in [-0.3, -0.25) is 4.79 Å². The third kappa shape index (κ3) is 5.63. The minimum atomic E-state index is -1.17. The van der Waals surface area contributed by atoms with E-state index in [-0.39, 0.29) is 40.7 Å². The van der Waals surface area contributed by atoms with Gasteiger partial charge in [0.15, 0.2) is 34.8 Å². The van der Waals surface area contributed by atoms with Crippen LogP contribution in [0.25, 0.3) is 11.1 Å². The summed E-state index contributed by atoms with van der Waals surface area (Å²) in [6, 6.07) is 9.19. The number of carbonyl (C=O) groups is 1. The molecule has 0 aliphatic heterocycles. The molecule has 0 spiro atoms. The molecule has 0 saturated heterocycles. The Morgan fingerprint density at radius 2 is 1.54 bits per heavy atom. The Morgan fingerprint density at radius 3 is 2.22 bits per heavy atom. The fourth-order valence-corrected chi connectivity index (χ4v) is 4.64. The molecule has 3 aromatic rings. The monoisotopic (exact) mass is 518 g/mol. The van der Waals surface area contributed by atoms with Crippen LogP contribution in [-0.4, -0.2) is 12.6 Å². The largest absolute Gasteiger partial charge is 0.490 e. The molecule has 0 radical (unpaired) electrons. The second-order valence-electron chi connectivity index (χ2n) is 9.30. The third-order valence-electron chi connectivity index (χ3n) is 6.77. The van der Waals surface area contributed by atoms with Crippen molar-refractivity contribution in [3.8, 4) is 22.6 Å². The van der Waals surface area contributed by atoms with Gasteiger partial charge in [0.1, 0.15) is 0 Å². The molecule has 37 heavy (non-hydrogen) atoms. The van der Waals surface area contributed by atoms with E-state index >= 15 is 0 Å². The molecule has 0 N–H and O–H groups in total. The van der Waals surface area contributed by atoms with Crippen molar-refractivity contribution in [3.05, 3.63) is 82.7 Å². The number of carbonyl (C=O) groups excluding carboxylic acids is 1. The van der Waals surface area contributed by atoms with Crippen molar-refractivity contribution < 1.29 is 36.2 Å². The van der Waals surface area contributed by atoms with Crippen molar-refractivity contribution in [3.63, 3.8) is 0 Å². The number of hydrogen-bond acceptors (Lipinski definition) is 3. The highest BCUT2D eigenvalue weighted by atomic mass is 19.2. The van der Waals surface area contributed by atoms with Crippen LogP contribution in [0.3, 0.4) is 0 Å². The van der Waals surface area contributed by atoms with Crippen LogP contribution in [-0.2, 0) is 4.79 Å². The maximum Gasteiger partial charge on any atom is 0.314 e. The Hall–Kier alpha value is -3.42. The molecule has 4 rings (SSSR count). The van der Waals surface area contributed by atoms with Crippen LogP contribution < -0.4 is 9.47 Å². The van der Waals surface area contributed by atoms with E-state index in [0.717, 1.165) is 6.07 Å². The molecule has 3 nitrogen and oxygen atoms in total. The van der Waals surface area contributed by atoms with E-state index in [4.69, 9.17) is 9.47 Å². The first kappa shape index (κ1) is 26.6. The highest BCUT2D eigenvalue weighted by Crippen LogP contribution is 2.39. The molecule has 0 atom stereocenters. The summed E-state index contributed by atoms with van der Waals surface area (Å²) in [6.07, 6.45) is 2.32. The molecule has 8 heteroatoms. The number of aryl methyl sites for hydroxylation is 1. The van der Waals surface area contributed by atoms with Crippen molar-refractivity contribution in [2.45, 2.75) is 51.9 Å². The molecule has 0 unspecified atom stereocenters. The third-order valence-corrected chi connectivity index (χ3v) is 6.77. The fourth-order valence-electron chi connectivity index (χ4n) is 4.64. The number of hydrogen-bond donors (Lipinski definition) is 0. The molecule has 0 bridgehead atoms. The van der Waals surface area contributed by atoms with Gasteiger partial charge in [-0.15, -0.1) is 0 Å². The summed E-state index contributed by atoms with van der Waals surface area (Å²) in [4.78, 5) is 12.7. The first-order valence-corrected chi connectivity index (χ1v) is 12.3. The number of halogens is 5. The molecule has 1 saturated carbocycles. The zero-order chi connectivity index (χ0) is 26.7. The van der Waals surface area contributed by atoms with E-state index in [1.165, 1.54) is 37.3 Å². The van der Waals surface area contributed by atoms with Crippen LogP contribution in [0.5, 0.6) is 11.5 Å². The second kappa shape index (κ2) is 11.3. The lowest BCUT2D eigenvalue weighted by Gasteiger charge is -2.28. The van der Waals surface area contributed by atoms with Gasteiger partial charge < -0.3 is 9.47 Å². The molecule has 3 aromatic carbocycles. The van der Waals surface area contributed by atoms with Crippen molar-refractivity contribution in [2.75, 3.05) is 6.61 Å². The lowest BCUT2D eigenvalue weighted by molar-refractivity contribution is -0.140. The number of benzene rings is 3. The van der Waals surface area contributed by atoms with Gasteiger partial charge in [-0.2, -0.15) is 4.39 Å². The highest BCUT2D eigenvalue weighted by molar-refractivity contribution is 5.76. The summed E-state index contributed by atoms with van der Waals surface area (Å²) in [5, 5.41) is 0. The molecule has 0 amide bonds. The normalized spacial score (nSPS) is 17.5. The van der Waals surface area contributed by atoms with Crippen LogP contribution in [0, 0.1) is 41.9 Å². The van der Waals surface area contributed by atoms with Gasteiger partial charge in [-0.25, -0.2) is 17.6 Å². The lowest BCUT2D eigenvalue weighted by atomic mass is 9.78. The topological polar surface area (TPSA) is 35.5 Å². The molecule has 1 aliphatic rings. The Kier molecular flexibility index (Phi) is 8.15. The van der Waals surface area contributed by atoms with Gasteiger partial charge in [-0.05, 0) is 85.9 Å². The SMILES string of the molecule is CCCOc1ccc(-c2ccc(OC(=O)C3CCC(c4ccc(C)c(F)c4F)CC3)c(F)c2)c(F)c1F. The van der Waals surface area contributed by atoms with Crippen LogP contribution in [0.4, 0.5) is 22.0 Å². The molecule has 196 valence electrons. The average Bonchev–Trinajstić information content (AvgIpc) is 2.89. The maximum absolute atomic E-state index is 14.7. The molecule has 0 aromatic heterocycles. The quantitative estimate of drug-likeness (QED) is 0.180. The predicted octanol–water partition coefficient (Wildman–Crippen LogP) is 8.03. The van der Waals surface area contributed by atoms with Gasteiger partial charge in [0, 0.05) is 5.56 Å². The minimum absolute atomic E-state index is 0.0728. The minimum Gasteiger partial charge on any atom is -0.490 e. The molecule has 1 fully saturated rings. The Morgan fingerprint density at radius 1 is 0.838 bits per heavy atom. The Labute approximate surface area is 212 Å². The summed E-state index contributed by atoms with van der Waals surface area (Å²) in [5.74, 6) is -6.86. The van der Waals surface area contributed by atoms with E-state index in [1.807, 2.05) is 6.92 Å². The van der Waals surface area contributed by atoms with Gasteiger partial charge in [0.05, 0.1) is 12.5 Å². The van der Waals surface area contributed by atoms with Gasteiger partial charge in [0.25, 0.3) is 0 Å². The number of esters is 1. The fraction of sp³-hybridized carbons (Fsp3) is 0.345. The number of ether oxygens (including phenoxy) is 2. The number of rotatable bonds is 7. The Balaban J connectivity index is 1.41. The zero-order valence-electron chi connectivity index (χ0n) is 20.6. The summed E-state index contributed by atoms with van der Waals surface area (Å²) < 4.78 is 82.4. The maximum atomic E-state index is 14.7. The van der Waals surface area contributed by atoms with Crippen LogP contribution in [0.1, 0.15) is 56.1 Å². The molecule has 0 heterocycles. The smallest absolute Gasteiger partial charge is 0.314 e. The first-order chi connectivity index (χ1) is 17.7. The zero-order valence-corrected chi connectivity index (χ0v) is 20.6. The van der Waals surface area contributed by atoms with E-state index in [9.17, 15) is 26.7 Å². The van der Waals surface area contributed by atoms with Crippen LogP contribution in [0.2, 0.25) is 0 Å². The van der Waals surface area contributed by atoms with Crippen molar-refractivity contribution >= 4 is 5.97 Å². The summed E-state index contributed by atoms with van der Waals surface area (Å²) >= 11 is 0. The van der Waals surface area contributed by atoms with E-state index in [1.54, 1.807) is 6.07 Å². The Bertz CT molecular complexity index is 1300. The van der Waals surface area contributed by atoms with Crippen LogP contribution >= 0.6 is 0 Å². The van der Waals surface area contributed by atoms with E-state index < -0.39 is 41.0 Å².